The summed E-state index contributed by atoms with van der Waals surface area (Å²) in [6.45, 7) is 11.7. The van der Waals surface area contributed by atoms with Crippen LogP contribution in [0.1, 0.15) is 41.0 Å². The van der Waals surface area contributed by atoms with Gasteiger partial charge >= 0.3 is 6.09 Å². The van der Waals surface area contributed by atoms with Crippen LogP contribution in [0.5, 0.6) is 0 Å². The molecular formula is C13H24N2O2S. The molecule has 2 aliphatic rings. The van der Waals surface area contributed by atoms with Crippen molar-refractivity contribution in [2.24, 2.45) is 0 Å². The molecule has 1 atom stereocenters. The van der Waals surface area contributed by atoms with Crippen molar-refractivity contribution in [2.75, 3.05) is 18.8 Å². The smallest absolute Gasteiger partial charge is 0.410 e. The van der Waals surface area contributed by atoms with E-state index in [1.54, 1.807) is 0 Å². The first-order chi connectivity index (χ1) is 8.11. The average molecular weight is 272 g/mol. The van der Waals surface area contributed by atoms with Crippen LogP contribution in [-0.4, -0.2) is 45.8 Å². The third kappa shape index (κ3) is 3.12. The van der Waals surface area contributed by atoms with Crippen molar-refractivity contribution in [1.82, 2.24) is 10.2 Å². The third-order valence-corrected chi connectivity index (χ3v) is 5.01. The van der Waals surface area contributed by atoms with E-state index in [4.69, 9.17) is 4.74 Å². The second kappa shape index (κ2) is 4.30. The van der Waals surface area contributed by atoms with Gasteiger partial charge in [0, 0.05) is 17.8 Å². The fraction of sp³-hybridized carbons (Fsp3) is 0.923. The molecule has 4 nitrogen and oxygen atoms in total. The summed E-state index contributed by atoms with van der Waals surface area (Å²) in [5.74, 6) is 1.09. The fourth-order valence-corrected chi connectivity index (χ4v) is 4.03. The maximum atomic E-state index is 12.0. The Bertz CT molecular complexity index is 351. The number of nitrogens with one attached hydrogen (secondary N) is 1. The van der Waals surface area contributed by atoms with Gasteiger partial charge in [0.05, 0.1) is 11.4 Å². The summed E-state index contributed by atoms with van der Waals surface area (Å²) >= 11 is 1.94. The zero-order chi connectivity index (χ0) is 13.6. The molecule has 1 spiro atoms. The highest BCUT2D eigenvalue weighted by Crippen LogP contribution is 2.42. The second-order valence-electron chi connectivity index (χ2n) is 6.94. The number of ether oxygens (including phenoxy) is 1. The maximum Gasteiger partial charge on any atom is 0.410 e. The first-order valence-electron chi connectivity index (χ1n) is 6.52. The Morgan fingerprint density at radius 2 is 2.06 bits per heavy atom. The summed E-state index contributed by atoms with van der Waals surface area (Å²) in [7, 11) is 0. The number of carbonyl (C=O) groups is 1. The van der Waals surface area contributed by atoms with Gasteiger partial charge in [-0.25, -0.2) is 4.79 Å². The van der Waals surface area contributed by atoms with Crippen molar-refractivity contribution in [3.05, 3.63) is 0 Å². The number of nitrogens with zero attached hydrogens (tertiary/aromatic N) is 1. The molecule has 1 unspecified atom stereocenters. The van der Waals surface area contributed by atoms with Crippen LogP contribution < -0.4 is 5.32 Å². The van der Waals surface area contributed by atoms with E-state index in [9.17, 15) is 4.79 Å². The van der Waals surface area contributed by atoms with Crippen molar-refractivity contribution in [1.29, 1.82) is 0 Å². The molecule has 0 bridgehead atoms. The van der Waals surface area contributed by atoms with Gasteiger partial charge in [-0.3, -0.25) is 5.32 Å². The molecule has 0 saturated carbocycles. The van der Waals surface area contributed by atoms with Gasteiger partial charge in [0.1, 0.15) is 5.60 Å². The van der Waals surface area contributed by atoms with E-state index >= 15 is 0 Å². The van der Waals surface area contributed by atoms with Crippen molar-refractivity contribution in [3.63, 3.8) is 0 Å². The molecule has 0 aromatic heterocycles. The monoisotopic (exact) mass is 272 g/mol. The molecule has 1 N–H and O–H groups in total. The van der Waals surface area contributed by atoms with E-state index < -0.39 is 5.60 Å². The number of amides is 1. The van der Waals surface area contributed by atoms with E-state index in [0.717, 1.165) is 25.3 Å². The molecule has 0 aromatic rings. The lowest BCUT2D eigenvalue weighted by Gasteiger charge is -2.28. The summed E-state index contributed by atoms with van der Waals surface area (Å²) in [6, 6.07) is 0. The Morgan fingerprint density at radius 1 is 1.39 bits per heavy atom. The zero-order valence-corrected chi connectivity index (χ0v) is 12.8. The molecule has 0 radical (unpaired) electrons. The lowest BCUT2D eigenvalue weighted by molar-refractivity contribution is 0.0288. The van der Waals surface area contributed by atoms with Crippen molar-refractivity contribution in [2.45, 2.75) is 57.1 Å². The summed E-state index contributed by atoms with van der Waals surface area (Å²) < 4.78 is 5.43. The zero-order valence-electron chi connectivity index (χ0n) is 12.0. The average Bonchev–Trinajstić information content (AvgIpc) is 2.69. The van der Waals surface area contributed by atoms with Gasteiger partial charge in [-0.15, -0.1) is 11.8 Å². The number of hydrogen-bond acceptors (Lipinski definition) is 4. The first-order valence-corrected chi connectivity index (χ1v) is 7.51. The second-order valence-corrected chi connectivity index (χ2v) is 8.30. The molecule has 2 fully saturated rings. The van der Waals surface area contributed by atoms with Crippen molar-refractivity contribution in [3.8, 4) is 0 Å². The Hall–Kier alpha value is -0.420. The van der Waals surface area contributed by atoms with E-state index in [2.05, 4.69) is 19.2 Å². The van der Waals surface area contributed by atoms with E-state index in [1.807, 2.05) is 37.4 Å². The molecule has 2 aliphatic heterocycles. The van der Waals surface area contributed by atoms with Crippen LogP contribution in [0.25, 0.3) is 0 Å². The minimum absolute atomic E-state index is 0.0421. The normalized spacial score (nSPS) is 31.1. The van der Waals surface area contributed by atoms with Gasteiger partial charge < -0.3 is 9.64 Å². The molecule has 18 heavy (non-hydrogen) atoms. The van der Waals surface area contributed by atoms with Crippen LogP contribution in [0, 0.1) is 0 Å². The van der Waals surface area contributed by atoms with Gasteiger partial charge in [-0.05, 0) is 41.0 Å². The van der Waals surface area contributed by atoms with Crippen LogP contribution in [-0.2, 0) is 4.74 Å². The predicted molar refractivity (Wildman–Crippen MR) is 74.8 cm³/mol. The molecular weight excluding hydrogens is 248 g/mol. The minimum atomic E-state index is -0.414. The first kappa shape index (κ1) is 14.0. The lowest BCUT2D eigenvalue weighted by atomic mass is 10.1. The Labute approximate surface area is 114 Å². The molecule has 2 heterocycles. The van der Waals surface area contributed by atoms with Gasteiger partial charge in [0.15, 0.2) is 0 Å². The van der Waals surface area contributed by atoms with Crippen LogP contribution in [0.2, 0.25) is 0 Å². The molecule has 0 aliphatic carbocycles. The molecule has 104 valence electrons. The highest BCUT2D eigenvalue weighted by molar-refractivity contribution is 8.01. The lowest BCUT2D eigenvalue weighted by Crippen LogP contribution is -2.49. The van der Waals surface area contributed by atoms with E-state index in [-0.39, 0.29) is 16.5 Å². The van der Waals surface area contributed by atoms with E-state index in [0.29, 0.717) is 0 Å². The number of likely N-dealkylation sites (tertiary alicyclic amines) is 1. The minimum Gasteiger partial charge on any atom is -0.444 e. The SMILES string of the molecule is CC1(C)CSC2(CCN(C(=O)OC(C)(C)C)C2)N1. The standard InChI is InChI=1S/C13H24N2O2S/c1-11(2,3)17-10(16)15-7-6-13(8-15)14-12(4,5)9-18-13/h14H,6-9H2,1-5H3. The number of thioether (sulfide) groups is 1. The summed E-state index contributed by atoms with van der Waals surface area (Å²) in [4.78, 5) is 13.9. The summed E-state index contributed by atoms with van der Waals surface area (Å²) in [6.07, 6.45) is 0.812. The van der Waals surface area contributed by atoms with Gasteiger partial charge in [-0.1, -0.05) is 0 Å². The summed E-state index contributed by atoms with van der Waals surface area (Å²) in [5, 5.41) is 3.67. The highest BCUT2D eigenvalue weighted by atomic mass is 32.2. The quantitative estimate of drug-likeness (QED) is 0.735. The molecule has 5 heteroatoms. The van der Waals surface area contributed by atoms with Gasteiger partial charge in [0.25, 0.3) is 0 Å². The number of carbonyl (C=O) groups excluding carboxylic acids is 1. The van der Waals surface area contributed by atoms with Crippen LogP contribution in [0.3, 0.4) is 0 Å². The largest absolute Gasteiger partial charge is 0.444 e. The van der Waals surface area contributed by atoms with Crippen LogP contribution >= 0.6 is 11.8 Å². The summed E-state index contributed by atoms with van der Waals surface area (Å²) in [5.41, 5.74) is -0.253. The number of rotatable bonds is 0. The molecule has 0 aromatic carbocycles. The van der Waals surface area contributed by atoms with Gasteiger partial charge in [0.2, 0.25) is 0 Å². The Kier molecular flexibility index (Phi) is 3.35. The topological polar surface area (TPSA) is 41.6 Å². The predicted octanol–water partition coefficient (Wildman–Crippen LogP) is 2.44. The third-order valence-electron chi connectivity index (χ3n) is 3.16. The maximum absolute atomic E-state index is 12.0. The van der Waals surface area contributed by atoms with Crippen LogP contribution in [0.15, 0.2) is 0 Å². The van der Waals surface area contributed by atoms with Crippen molar-refractivity contribution < 1.29 is 9.53 Å². The fourth-order valence-electron chi connectivity index (χ4n) is 2.49. The Balaban J connectivity index is 1.95. The number of hydrogen-bond donors (Lipinski definition) is 1. The van der Waals surface area contributed by atoms with Gasteiger partial charge in [-0.2, -0.15) is 0 Å². The molecule has 2 saturated heterocycles. The van der Waals surface area contributed by atoms with E-state index in [1.165, 1.54) is 0 Å². The Morgan fingerprint density at radius 3 is 2.56 bits per heavy atom. The van der Waals surface area contributed by atoms with Crippen LogP contribution in [0.4, 0.5) is 4.79 Å². The highest BCUT2D eigenvalue weighted by Gasteiger charge is 2.48. The molecule has 1 amide bonds. The van der Waals surface area contributed by atoms with Crippen molar-refractivity contribution >= 4 is 17.9 Å². The molecule has 2 rings (SSSR count).